The third-order valence-corrected chi connectivity index (χ3v) is 13.2. The quantitative estimate of drug-likeness (QED) is 0.0498. The molecule has 9 heteroatoms. The van der Waals surface area contributed by atoms with E-state index in [4.69, 9.17) is 4.74 Å². The molecule has 0 radical (unpaired) electrons. The van der Waals surface area contributed by atoms with Crippen LogP contribution in [0.4, 0.5) is 0 Å². The standard InChI is InChI=1S/2C22H31NO2.C16H16O3/c2*1-16(2)23(17(3)4)13-12-20(19-8-6-5-7-9-19)21-14-18(15-24)10-11-22(21)25;17-10-11-6-7-15-14(8-11)13(9-16(18)19-15)12-4-2-1-3-5-12/h2*5-11,14,16-17,20,24-25H,12-13,15H2,1-4H3;1-8,13,16-18H,9-10H2/t20-;;/m1../s1. The number of hydrogen-bond acceptors (Lipinski definition) is 9. The van der Waals surface area contributed by atoms with Crippen molar-refractivity contribution in [2.24, 2.45) is 0 Å². The minimum Gasteiger partial charge on any atom is -0.508 e. The van der Waals surface area contributed by atoms with Gasteiger partial charge in [0.1, 0.15) is 17.2 Å². The van der Waals surface area contributed by atoms with Gasteiger partial charge in [-0.1, -0.05) is 109 Å². The van der Waals surface area contributed by atoms with Gasteiger partial charge in [-0.2, -0.15) is 0 Å². The summed E-state index contributed by atoms with van der Waals surface area (Å²) in [6.07, 6.45) is 1.59. The molecule has 0 aromatic heterocycles. The lowest BCUT2D eigenvalue weighted by Crippen LogP contribution is -2.38. The molecule has 0 spiro atoms. The van der Waals surface area contributed by atoms with Crippen LogP contribution in [-0.2, 0) is 19.8 Å². The van der Waals surface area contributed by atoms with Crippen molar-refractivity contribution in [2.45, 2.75) is 143 Å². The highest BCUT2D eigenvalue weighted by Gasteiger charge is 2.29. The Morgan fingerprint density at radius 2 is 0.870 bits per heavy atom. The van der Waals surface area contributed by atoms with Gasteiger partial charge < -0.3 is 35.4 Å². The van der Waals surface area contributed by atoms with E-state index in [0.717, 1.165) is 64.9 Å². The average Bonchev–Trinajstić information content (AvgIpc) is 3.35. The maximum Gasteiger partial charge on any atom is 0.198 e. The van der Waals surface area contributed by atoms with Crippen LogP contribution in [0, 0.1) is 0 Å². The number of aromatic hydroxyl groups is 2. The average molecular weight is 939 g/mol. The first-order valence-electron chi connectivity index (χ1n) is 24.7. The van der Waals surface area contributed by atoms with E-state index >= 15 is 0 Å². The summed E-state index contributed by atoms with van der Waals surface area (Å²) in [6, 6.07) is 49.0. The maximum absolute atomic E-state index is 10.5. The van der Waals surface area contributed by atoms with Crippen LogP contribution in [0.5, 0.6) is 17.2 Å². The van der Waals surface area contributed by atoms with Gasteiger partial charge in [0, 0.05) is 65.0 Å². The highest BCUT2D eigenvalue weighted by Crippen LogP contribution is 2.41. The van der Waals surface area contributed by atoms with Gasteiger partial charge in [0.2, 0.25) is 0 Å². The molecule has 0 saturated heterocycles. The second-order valence-electron chi connectivity index (χ2n) is 19.3. The molecule has 0 aliphatic carbocycles. The zero-order chi connectivity index (χ0) is 50.0. The largest absolute Gasteiger partial charge is 0.508 e. The number of phenolic OH excluding ortho intramolecular Hbond substituents is 2. The summed E-state index contributed by atoms with van der Waals surface area (Å²) in [5.41, 5.74) is 8.89. The van der Waals surface area contributed by atoms with Crippen molar-refractivity contribution in [1.82, 2.24) is 9.80 Å². The summed E-state index contributed by atoms with van der Waals surface area (Å²) in [5, 5.41) is 59.0. The lowest BCUT2D eigenvalue weighted by atomic mass is 9.85. The number of phenols is 2. The van der Waals surface area contributed by atoms with Crippen LogP contribution in [0.1, 0.15) is 142 Å². The normalized spacial score (nSPS) is 15.3. The molecule has 9 nitrogen and oxygen atoms in total. The minimum atomic E-state index is -0.780. The summed E-state index contributed by atoms with van der Waals surface area (Å²) in [6.45, 7) is 19.7. The zero-order valence-corrected chi connectivity index (χ0v) is 42.1. The van der Waals surface area contributed by atoms with E-state index in [1.807, 2.05) is 84.9 Å². The van der Waals surface area contributed by atoms with Crippen LogP contribution in [-0.4, -0.2) is 84.0 Å². The fraction of sp³-hybridized carbons (Fsp3) is 0.400. The number of hydrogen-bond donors (Lipinski definition) is 6. The van der Waals surface area contributed by atoms with E-state index in [0.29, 0.717) is 47.8 Å². The second kappa shape index (κ2) is 27.0. The number of benzene rings is 6. The smallest absolute Gasteiger partial charge is 0.198 e. The molecule has 3 unspecified atom stereocenters. The van der Waals surface area contributed by atoms with Gasteiger partial charge >= 0.3 is 0 Å². The summed E-state index contributed by atoms with van der Waals surface area (Å²) in [7, 11) is 0. The van der Waals surface area contributed by atoms with E-state index in [-0.39, 0.29) is 37.6 Å². The monoisotopic (exact) mass is 939 g/mol. The molecule has 0 saturated carbocycles. The molecule has 1 aliphatic rings. The van der Waals surface area contributed by atoms with Crippen molar-refractivity contribution in [2.75, 3.05) is 13.1 Å². The van der Waals surface area contributed by atoms with Gasteiger partial charge in [0.25, 0.3) is 0 Å². The maximum atomic E-state index is 10.5. The molecular weight excluding hydrogens is 861 g/mol. The van der Waals surface area contributed by atoms with Crippen molar-refractivity contribution < 1.29 is 35.4 Å². The Hall–Kier alpha value is -5.52. The van der Waals surface area contributed by atoms with Crippen LogP contribution >= 0.6 is 0 Å². The number of aliphatic hydroxyl groups excluding tert-OH is 4. The van der Waals surface area contributed by atoms with E-state index in [9.17, 15) is 30.6 Å². The number of rotatable bonds is 18. The Labute approximate surface area is 412 Å². The van der Waals surface area contributed by atoms with Crippen LogP contribution in [0.15, 0.2) is 146 Å². The Morgan fingerprint density at radius 3 is 1.26 bits per heavy atom. The lowest BCUT2D eigenvalue weighted by Gasteiger charge is -2.32. The number of ether oxygens (including phenoxy) is 1. The molecule has 0 amide bonds. The first-order valence-corrected chi connectivity index (χ1v) is 24.7. The van der Waals surface area contributed by atoms with Crippen LogP contribution in [0.3, 0.4) is 0 Å². The minimum absolute atomic E-state index is 0.0113. The number of nitrogens with zero attached hydrogens (tertiary/aromatic N) is 2. The van der Waals surface area contributed by atoms with Gasteiger partial charge in [-0.15, -0.1) is 0 Å². The Kier molecular flexibility index (Phi) is 21.3. The van der Waals surface area contributed by atoms with Crippen molar-refractivity contribution in [3.8, 4) is 17.2 Å². The van der Waals surface area contributed by atoms with E-state index < -0.39 is 6.29 Å². The Bertz CT molecular complexity index is 2280. The number of aliphatic hydroxyl groups is 4. The molecule has 6 N–H and O–H groups in total. The lowest BCUT2D eigenvalue weighted by molar-refractivity contribution is -0.0359. The molecule has 7 rings (SSSR count). The predicted octanol–water partition coefficient (Wildman–Crippen LogP) is 11.5. The highest BCUT2D eigenvalue weighted by molar-refractivity contribution is 5.47. The summed E-state index contributed by atoms with van der Waals surface area (Å²) in [5.74, 6) is 1.61. The fourth-order valence-electron chi connectivity index (χ4n) is 9.72. The summed E-state index contributed by atoms with van der Waals surface area (Å²) < 4.78 is 5.46. The molecule has 0 bridgehead atoms. The molecule has 6 aromatic carbocycles. The molecule has 69 heavy (non-hydrogen) atoms. The highest BCUT2D eigenvalue weighted by atomic mass is 16.6. The zero-order valence-electron chi connectivity index (χ0n) is 42.1. The van der Waals surface area contributed by atoms with E-state index in [1.54, 1.807) is 24.3 Å². The third-order valence-electron chi connectivity index (χ3n) is 13.2. The summed E-state index contributed by atoms with van der Waals surface area (Å²) in [4.78, 5) is 4.95. The fourth-order valence-corrected chi connectivity index (χ4v) is 9.72. The van der Waals surface area contributed by atoms with Gasteiger partial charge in [0.15, 0.2) is 6.29 Å². The van der Waals surface area contributed by atoms with Gasteiger partial charge in [-0.25, -0.2) is 0 Å². The molecule has 370 valence electrons. The summed E-state index contributed by atoms with van der Waals surface area (Å²) >= 11 is 0. The Balaban J connectivity index is 0.000000195. The van der Waals surface area contributed by atoms with Gasteiger partial charge in [-0.3, -0.25) is 9.80 Å². The third kappa shape index (κ3) is 15.5. The topological polar surface area (TPSA) is 137 Å². The van der Waals surface area contributed by atoms with Crippen LogP contribution in [0.2, 0.25) is 0 Å². The first kappa shape index (κ1) is 54.4. The molecule has 0 fully saturated rings. The van der Waals surface area contributed by atoms with Gasteiger partial charge in [0.05, 0.1) is 19.8 Å². The van der Waals surface area contributed by atoms with Crippen molar-refractivity contribution >= 4 is 0 Å². The van der Waals surface area contributed by atoms with Gasteiger partial charge in [-0.05, 0) is 151 Å². The SMILES string of the molecule is CC(C)N(CCC(c1ccccc1)c1cc(CO)ccc1O)C(C)C.CC(C)N(CC[C@H](c1ccccc1)c1cc(CO)ccc1O)C(C)C.OCc1ccc2c(c1)C(c1ccccc1)CC(O)O2. The first-order chi connectivity index (χ1) is 33.1. The molecular formula is C60H78N2O7. The molecule has 1 heterocycles. The van der Waals surface area contributed by atoms with Crippen molar-refractivity contribution in [3.63, 3.8) is 0 Å². The second-order valence-corrected chi connectivity index (χ2v) is 19.3. The van der Waals surface area contributed by atoms with Crippen molar-refractivity contribution in [1.29, 1.82) is 0 Å². The van der Waals surface area contributed by atoms with E-state index in [1.165, 1.54) is 11.1 Å². The van der Waals surface area contributed by atoms with Crippen LogP contribution in [0.25, 0.3) is 0 Å². The molecule has 4 atom stereocenters. The Morgan fingerprint density at radius 1 is 0.493 bits per heavy atom. The number of fused-ring (bicyclic) bond motifs is 1. The van der Waals surface area contributed by atoms with Crippen molar-refractivity contribution in [3.05, 3.63) is 196 Å². The molecule has 6 aromatic rings. The van der Waals surface area contributed by atoms with E-state index in [2.05, 4.69) is 102 Å². The predicted molar refractivity (Wildman–Crippen MR) is 280 cm³/mol. The molecule has 1 aliphatic heterocycles. The van der Waals surface area contributed by atoms with Crippen LogP contribution < -0.4 is 4.74 Å².